The Morgan fingerprint density at radius 3 is 2.88 bits per heavy atom. The van der Waals surface area contributed by atoms with Crippen LogP contribution in [0.4, 0.5) is 0 Å². The Bertz CT molecular complexity index is 639. The van der Waals surface area contributed by atoms with Gasteiger partial charge in [-0.1, -0.05) is 44.4 Å². The number of nitrogens with zero attached hydrogens (tertiary/aromatic N) is 2. The van der Waals surface area contributed by atoms with Crippen LogP contribution in [0, 0.1) is 6.92 Å². The number of amides is 1. The van der Waals surface area contributed by atoms with E-state index in [9.17, 15) is 4.79 Å². The van der Waals surface area contributed by atoms with E-state index in [-0.39, 0.29) is 17.7 Å². The predicted molar refractivity (Wildman–Crippen MR) is 93.8 cm³/mol. The second kappa shape index (κ2) is 9.52. The molecule has 0 fully saturated rings. The summed E-state index contributed by atoms with van der Waals surface area (Å²) in [6.45, 7) is 6.07. The molecule has 0 aliphatic heterocycles. The van der Waals surface area contributed by atoms with Gasteiger partial charge < -0.3 is 14.2 Å². The summed E-state index contributed by atoms with van der Waals surface area (Å²) in [6.07, 6.45) is 7.45. The molecule has 2 aromatic heterocycles. The minimum absolute atomic E-state index is 0.0118. The van der Waals surface area contributed by atoms with Crippen LogP contribution < -0.4 is 5.32 Å². The first-order valence-electron chi connectivity index (χ1n) is 8.40. The number of aryl methyl sites for hydroxylation is 1. The number of aromatic nitrogens is 2. The highest BCUT2D eigenvalue weighted by molar-refractivity contribution is 7.99. The third kappa shape index (κ3) is 5.70. The van der Waals surface area contributed by atoms with Crippen molar-refractivity contribution < 1.29 is 13.6 Å². The van der Waals surface area contributed by atoms with E-state index in [1.165, 1.54) is 31.0 Å². The van der Waals surface area contributed by atoms with Gasteiger partial charge in [0.2, 0.25) is 5.91 Å². The molecule has 0 saturated heterocycles. The fourth-order valence-electron chi connectivity index (χ4n) is 2.38. The van der Waals surface area contributed by atoms with Crippen molar-refractivity contribution in [1.82, 2.24) is 15.5 Å². The maximum absolute atomic E-state index is 12.0. The molecule has 0 spiro atoms. The van der Waals surface area contributed by atoms with Gasteiger partial charge in [0.1, 0.15) is 5.76 Å². The molecule has 2 aromatic rings. The first-order chi connectivity index (χ1) is 11.6. The third-order valence-corrected chi connectivity index (χ3v) is 4.54. The number of unbranched alkanes of at least 4 members (excludes halogenated alkanes) is 3. The number of furan rings is 1. The highest BCUT2D eigenvalue weighted by atomic mass is 32.2. The summed E-state index contributed by atoms with van der Waals surface area (Å²) in [5.74, 6) is 1.39. The lowest BCUT2D eigenvalue weighted by molar-refractivity contribution is -0.119. The van der Waals surface area contributed by atoms with Gasteiger partial charge in [0.05, 0.1) is 17.6 Å². The molecule has 2 heterocycles. The summed E-state index contributed by atoms with van der Waals surface area (Å²) in [5.41, 5.74) is 0.777. The van der Waals surface area contributed by atoms with Crippen LogP contribution in [0.3, 0.4) is 0 Å². The SMILES string of the molecule is CCCCCC[C@@H](C)NC(=O)CSc1nnc(-c2ccoc2C)o1. The van der Waals surface area contributed by atoms with Crippen LogP contribution >= 0.6 is 11.8 Å². The molecule has 0 saturated carbocycles. The summed E-state index contributed by atoms with van der Waals surface area (Å²) in [5, 5.41) is 11.3. The molecule has 0 unspecified atom stereocenters. The minimum Gasteiger partial charge on any atom is -0.469 e. The summed E-state index contributed by atoms with van der Waals surface area (Å²) < 4.78 is 10.8. The first-order valence-corrected chi connectivity index (χ1v) is 9.38. The maximum atomic E-state index is 12.0. The Labute approximate surface area is 146 Å². The zero-order valence-electron chi connectivity index (χ0n) is 14.5. The number of nitrogens with one attached hydrogen (secondary N) is 1. The van der Waals surface area contributed by atoms with Crippen LogP contribution in [0.1, 0.15) is 51.7 Å². The number of carbonyl (C=O) groups is 1. The van der Waals surface area contributed by atoms with E-state index in [0.717, 1.165) is 24.2 Å². The normalized spacial score (nSPS) is 12.3. The molecular formula is C17H25N3O3S. The highest BCUT2D eigenvalue weighted by Gasteiger charge is 2.15. The van der Waals surface area contributed by atoms with Crippen LogP contribution in [-0.4, -0.2) is 27.9 Å². The lowest BCUT2D eigenvalue weighted by Gasteiger charge is -2.13. The van der Waals surface area contributed by atoms with E-state index in [1.807, 2.05) is 13.8 Å². The number of thioether (sulfide) groups is 1. The second-order valence-electron chi connectivity index (χ2n) is 5.87. The molecule has 0 bridgehead atoms. The maximum Gasteiger partial charge on any atom is 0.277 e. The monoisotopic (exact) mass is 351 g/mol. The van der Waals surface area contributed by atoms with Crippen LogP contribution in [0.15, 0.2) is 26.4 Å². The molecule has 6 nitrogen and oxygen atoms in total. The quantitative estimate of drug-likeness (QED) is 0.510. The average Bonchev–Trinajstić information content (AvgIpc) is 3.18. The van der Waals surface area contributed by atoms with Crippen molar-refractivity contribution in [2.75, 3.05) is 5.75 Å². The van der Waals surface area contributed by atoms with E-state index < -0.39 is 0 Å². The summed E-state index contributed by atoms with van der Waals surface area (Å²) in [4.78, 5) is 12.0. The zero-order valence-corrected chi connectivity index (χ0v) is 15.3. The molecule has 132 valence electrons. The van der Waals surface area contributed by atoms with Crippen molar-refractivity contribution in [3.8, 4) is 11.5 Å². The Morgan fingerprint density at radius 2 is 2.17 bits per heavy atom. The number of hydrogen-bond donors (Lipinski definition) is 1. The molecule has 24 heavy (non-hydrogen) atoms. The Kier molecular flexibility index (Phi) is 7.36. The van der Waals surface area contributed by atoms with E-state index in [2.05, 4.69) is 22.4 Å². The van der Waals surface area contributed by atoms with E-state index in [4.69, 9.17) is 8.83 Å². The zero-order chi connectivity index (χ0) is 17.4. The van der Waals surface area contributed by atoms with Gasteiger partial charge in [0.15, 0.2) is 0 Å². The predicted octanol–water partition coefficient (Wildman–Crippen LogP) is 4.21. The van der Waals surface area contributed by atoms with Crippen molar-refractivity contribution in [2.45, 2.75) is 64.1 Å². The molecule has 0 aliphatic rings. The van der Waals surface area contributed by atoms with E-state index in [0.29, 0.717) is 11.1 Å². The highest BCUT2D eigenvalue weighted by Crippen LogP contribution is 2.26. The Morgan fingerprint density at radius 1 is 1.33 bits per heavy atom. The van der Waals surface area contributed by atoms with E-state index >= 15 is 0 Å². The summed E-state index contributed by atoms with van der Waals surface area (Å²) in [6, 6.07) is 1.98. The van der Waals surface area contributed by atoms with Crippen LogP contribution in [0.5, 0.6) is 0 Å². The van der Waals surface area contributed by atoms with Gasteiger partial charge in [-0.05, 0) is 26.3 Å². The standard InChI is InChI=1S/C17H25N3O3S/c1-4-5-6-7-8-12(2)18-15(21)11-24-17-20-19-16(23-17)14-9-10-22-13(14)3/h9-10,12H,4-8,11H2,1-3H3,(H,18,21)/t12-/m1/s1. The Hall–Kier alpha value is -1.76. The molecule has 1 atom stereocenters. The summed E-state index contributed by atoms with van der Waals surface area (Å²) >= 11 is 1.24. The topological polar surface area (TPSA) is 81.2 Å². The van der Waals surface area contributed by atoms with Crippen molar-refractivity contribution in [2.24, 2.45) is 0 Å². The smallest absolute Gasteiger partial charge is 0.277 e. The number of hydrogen-bond acceptors (Lipinski definition) is 6. The van der Waals surface area contributed by atoms with Crippen molar-refractivity contribution in [3.63, 3.8) is 0 Å². The lowest BCUT2D eigenvalue weighted by Crippen LogP contribution is -2.33. The van der Waals surface area contributed by atoms with Gasteiger partial charge in [0, 0.05) is 6.04 Å². The fraction of sp³-hybridized carbons (Fsp3) is 0.588. The largest absolute Gasteiger partial charge is 0.469 e. The summed E-state index contributed by atoms with van der Waals surface area (Å²) in [7, 11) is 0. The van der Waals surface area contributed by atoms with Gasteiger partial charge >= 0.3 is 0 Å². The van der Waals surface area contributed by atoms with Gasteiger partial charge in [-0.15, -0.1) is 10.2 Å². The molecule has 0 aliphatic carbocycles. The molecular weight excluding hydrogens is 326 g/mol. The first kappa shape index (κ1) is 18.6. The number of rotatable bonds is 10. The van der Waals surface area contributed by atoms with Crippen molar-refractivity contribution >= 4 is 17.7 Å². The number of carbonyl (C=O) groups excluding carboxylic acids is 1. The molecule has 1 N–H and O–H groups in total. The van der Waals surface area contributed by atoms with E-state index in [1.54, 1.807) is 12.3 Å². The molecule has 2 rings (SSSR count). The second-order valence-corrected chi connectivity index (χ2v) is 6.80. The van der Waals surface area contributed by atoms with Gasteiger partial charge in [-0.2, -0.15) is 0 Å². The van der Waals surface area contributed by atoms with Crippen molar-refractivity contribution in [1.29, 1.82) is 0 Å². The van der Waals surface area contributed by atoms with Crippen LogP contribution in [0.25, 0.3) is 11.5 Å². The van der Waals surface area contributed by atoms with Crippen molar-refractivity contribution in [3.05, 3.63) is 18.1 Å². The molecule has 7 heteroatoms. The van der Waals surface area contributed by atoms with Crippen LogP contribution in [0.2, 0.25) is 0 Å². The minimum atomic E-state index is -0.0118. The Balaban J connectivity index is 1.72. The third-order valence-electron chi connectivity index (χ3n) is 3.72. The van der Waals surface area contributed by atoms with Gasteiger partial charge in [-0.25, -0.2) is 0 Å². The lowest BCUT2D eigenvalue weighted by atomic mass is 10.1. The fourth-order valence-corrected chi connectivity index (χ4v) is 2.95. The van der Waals surface area contributed by atoms with Gasteiger partial charge in [-0.3, -0.25) is 4.79 Å². The molecule has 0 aromatic carbocycles. The molecule has 1 amide bonds. The van der Waals surface area contributed by atoms with Crippen LogP contribution in [-0.2, 0) is 4.79 Å². The van der Waals surface area contributed by atoms with Gasteiger partial charge in [0.25, 0.3) is 11.1 Å². The average molecular weight is 351 g/mol. The molecule has 0 radical (unpaired) electrons.